The van der Waals surface area contributed by atoms with E-state index in [1.54, 1.807) is 18.5 Å². The SMILES string of the molecule is Cc1nccnc1C(C)Nc1cccc(C#N)c1. The minimum absolute atomic E-state index is 0.0487. The molecule has 0 amide bonds. The van der Waals surface area contributed by atoms with E-state index in [9.17, 15) is 0 Å². The van der Waals surface area contributed by atoms with Gasteiger partial charge >= 0.3 is 0 Å². The molecule has 0 spiro atoms. The zero-order valence-electron chi connectivity index (χ0n) is 10.4. The third-order valence-electron chi connectivity index (χ3n) is 2.70. The lowest BCUT2D eigenvalue weighted by Gasteiger charge is -2.16. The average molecular weight is 238 g/mol. The Labute approximate surface area is 106 Å². The number of nitriles is 1. The molecular weight excluding hydrogens is 224 g/mol. The van der Waals surface area contributed by atoms with Crippen molar-refractivity contribution < 1.29 is 0 Å². The van der Waals surface area contributed by atoms with E-state index in [4.69, 9.17) is 5.26 Å². The molecular formula is C14H14N4. The van der Waals surface area contributed by atoms with E-state index in [0.29, 0.717) is 5.56 Å². The van der Waals surface area contributed by atoms with Gasteiger partial charge in [0.25, 0.3) is 0 Å². The van der Waals surface area contributed by atoms with Crippen LogP contribution in [0, 0.1) is 18.3 Å². The van der Waals surface area contributed by atoms with Gasteiger partial charge in [-0.05, 0) is 32.0 Å². The number of aromatic nitrogens is 2. The molecule has 2 aromatic rings. The van der Waals surface area contributed by atoms with Crippen LogP contribution >= 0.6 is 0 Å². The summed E-state index contributed by atoms with van der Waals surface area (Å²) in [5.41, 5.74) is 3.38. The third kappa shape index (κ3) is 2.64. The lowest BCUT2D eigenvalue weighted by Crippen LogP contribution is -2.11. The highest BCUT2D eigenvalue weighted by atomic mass is 15.0. The molecule has 1 N–H and O–H groups in total. The van der Waals surface area contributed by atoms with Crippen LogP contribution in [0.15, 0.2) is 36.7 Å². The first-order valence-electron chi connectivity index (χ1n) is 5.75. The van der Waals surface area contributed by atoms with Crippen molar-refractivity contribution in [2.45, 2.75) is 19.9 Å². The van der Waals surface area contributed by atoms with Crippen molar-refractivity contribution in [1.82, 2.24) is 9.97 Å². The van der Waals surface area contributed by atoms with Crippen LogP contribution in [-0.4, -0.2) is 9.97 Å². The molecule has 1 unspecified atom stereocenters. The van der Waals surface area contributed by atoms with Crippen LogP contribution in [0.4, 0.5) is 5.69 Å². The van der Waals surface area contributed by atoms with Gasteiger partial charge < -0.3 is 5.32 Å². The highest BCUT2D eigenvalue weighted by Crippen LogP contribution is 2.19. The van der Waals surface area contributed by atoms with E-state index in [0.717, 1.165) is 17.1 Å². The van der Waals surface area contributed by atoms with E-state index in [2.05, 4.69) is 21.4 Å². The Kier molecular flexibility index (Phi) is 3.54. The highest BCUT2D eigenvalue weighted by Gasteiger charge is 2.10. The van der Waals surface area contributed by atoms with E-state index in [-0.39, 0.29) is 6.04 Å². The predicted octanol–water partition coefficient (Wildman–Crippen LogP) is 2.83. The number of benzene rings is 1. The monoisotopic (exact) mass is 238 g/mol. The molecule has 1 aromatic heterocycles. The summed E-state index contributed by atoms with van der Waals surface area (Å²) in [6.07, 6.45) is 3.37. The maximum Gasteiger partial charge on any atom is 0.0992 e. The van der Waals surface area contributed by atoms with E-state index >= 15 is 0 Å². The standard InChI is InChI=1S/C14H14N4/c1-10-14(17-7-6-16-10)11(2)18-13-5-3-4-12(8-13)9-15/h3-8,11,18H,1-2H3. The molecule has 1 heterocycles. The van der Waals surface area contributed by atoms with Gasteiger partial charge in [0.15, 0.2) is 0 Å². The third-order valence-corrected chi connectivity index (χ3v) is 2.70. The van der Waals surface area contributed by atoms with Crippen molar-refractivity contribution in [2.75, 3.05) is 5.32 Å². The second-order valence-corrected chi connectivity index (χ2v) is 4.09. The minimum atomic E-state index is 0.0487. The van der Waals surface area contributed by atoms with Crippen molar-refractivity contribution >= 4 is 5.69 Å². The molecule has 4 heteroatoms. The molecule has 0 bridgehead atoms. The van der Waals surface area contributed by atoms with Gasteiger partial charge in [0.05, 0.1) is 29.1 Å². The Balaban J connectivity index is 2.19. The molecule has 0 fully saturated rings. The number of anilines is 1. The normalized spacial score (nSPS) is 11.6. The topological polar surface area (TPSA) is 61.6 Å². The maximum absolute atomic E-state index is 8.86. The summed E-state index contributed by atoms with van der Waals surface area (Å²) in [4.78, 5) is 8.55. The lowest BCUT2D eigenvalue weighted by molar-refractivity contribution is 0.810. The quantitative estimate of drug-likeness (QED) is 0.893. The molecule has 1 atom stereocenters. The minimum Gasteiger partial charge on any atom is -0.377 e. The fourth-order valence-corrected chi connectivity index (χ4v) is 1.84. The van der Waals surface area contributed by atoms with Crippen LogP contribution in [0.1, 0.15) is 29.9 Å². The van der Waals surface area contributed by atoms with Crippen LogP contribution in [0.5, 0.6) is 0 Å². The Morgan fingerprint density at radius 3 is 2.78 bits per heavy atom. The number of nitrogens with zero attached hydrogens (tertiary/aromatic N) is 3. The molecule has 0 saturated heterocycles. The van der Waals surface area contributed by atoms with Gasteiger partial charge in [-0.3, -0.25) is 9.97 Å². The van der Waals surface area contributed by atoms with Crippen molar-refractivity contribution in [2.24, 2.45) is 0 Å². The predicted molar refractivity (Wildman–Crippen MR) is 70.0 cm³/mol. The molecule has 0 radical (unpaired) electrons. The zero-order valence-corrected chi connectivity index (χ0v) is 10.4. The Morgan fingerprint density at radius 2 is 2.06 bits per heavy atom. The molecule has 0 saturated carbocycles. The number of aryl methyl sites for hydroxylation is 1. The average Bonchev–Trinajstić information content (AvgIpc) is 2.39. The fraction of sp³-hybridized carbons (Fsp3) is 0.214. The first-order chi connectivity index (χ1) is 8.70. The zero-order chi connectivity index (χ0) is 13.0. The second-order valence-electron chi connectivity index (χ2n) is 4.09. The molecule has 1 aromatic carbocycles. The summed E-state index contributed by atoms with van der Waals surface area (Å²) in [6.45, 7) is 3.96. The van der Waals surface area contributed by atoms with Crippen LogP contribution in [0.2, 0.25) is 0 Å². The number of hydrogen-bond donors (Lipinski definition) is 1. The van der Waals surface area contributed by atoms with Crippen molar-refractivity contribution in [3.63, 3.8) is 0 Å². The number of rotatable bonds is 3. The Morgan fingerprint density at radius 1 is 1.28 bits per heavy atom. The summed E-state index contributed by atoms with van der Waals surface area (Å²) in [6, 6.07) is 9.57. The summed E-state index contributed by atoms with van der Waals surface area (Å²) in [7, 11) is 0. The van der Waals surface area contributed by atoms with Crippen LogP contribution in [0.25, 0.3) is 0 Å². The van der Waals surface area contributed by atoms with E-state index in [1.165, 1.54) is 0 Å². The maximum atomic E-state index is 8.86. The Hall–Kier alpha value is -2.41. The summed E-state index contributed by atoms with van der Waals surface area (Å²) >= 11 is 0. The molecule has 0 aliphatic rings. The summed E-state index contributed by atoms with van der Waals surface area (Å²) in [5.74, 6) is 0. The van der Waals surface area contributed by atoms with Crippen molar-refractivity contribution in [3.8, 4) is 6.07 Å². The van der Waals surface area contributed by atoms with Gasteiger partial charge in [0.1, 0.15) is 0 Å². The number of nitrogens with one attached hydrogen (secondary N) is 1. The van der Waals surface area contributed by atoms with E-state index < -0.39 is 0 Å². The van der Waals surface area contributed by atoms with Gasteiger partial charge in [-0.25, -0.2) is 0 Å². The number of hydrogen-bond acceptors (Lipinski definition) is 4. The molecule has 18 heavy (non-hydrogen) atoms. The molecule has 90 valence electrons. The van der Waals surface area contributed by atoms with Crippen LogP contribution in [0.3, 0.4) is 0 Å². The highest BCUT2D eigenvalue weighted by molar-refractivity contribution is 5.50. The fourth-order valence-electron chi connectivity index (χ4n) is 1.84. The molecule has 2 rings (SSSR count). The van der Waals surface area contributed by atoms with Gasteiger partial charge in [0, 0.05) is 18.1 Å². The summed E-state index contributed by atoms with van der Waals surface area (Å²) < 4.78 is 0. The van der Waals surface area contributed by atoms with Gasteiger partial charge in [-0.15, -0.1) is 0 Å². The van der Waals surface area contributed by atoms with Crippen molar-refractivity contribution in [3.05, 3.63) is 53.6 Å². The van der Waals surface area contributed by atoms with Gasteiger partial charge in [-0.1, -0.05) is 6.07 Å². The first-order valence-corrected chi connectivity index (χ1v) is 5.75. The van der Waals surface area contributed by atoms with Crippen molar-refractivity contribution in [1.29, 1.82) is 5.26 Å². The second kappa shape index (κ2) is 5.28. The van der Waals surface area contributed by atoms with Gasteiger partial charge in [-0.2, -0.15) is 5.26 Å². The Bertz CT molecular complexity index is 586. The lowest BCUT2D eigenvalue weighted by atomic mass is 10.1. The smallest absolute Gasteiger partial charge is 0.0992 e. The van der Waals surface area contributed by atoms with Gasteiger partial charge in [0.2, 0.25) is 0 Å². The first kappa shape index (κ1) is 12.1. The van der Waals surface area contributed by atoms with E-state index in [1.807, 2.05) is 32.0 Å². The molecule has 0 aliphatic carbocycles. The largest absolute Gasteiger partial charge is 0.377 e. The molecule has 4 nitrogen and oxygen atoms in total. The van der Waals surface area contributed by atoms with Crippen LogP contribution in [-0.2, 0) is 0 Å². The van der Waals surface area contributed by atoms with Crippen LogP contribution < -0.4 is 5.32 Å². The molecule has 0 aliphatic heterocycles. The summed E-state index contributed by atoms with van der Waals surface area (Å²) in [5, 5.41) is 12.2.